The summed E-state index contributed by atoms with van der Waals surface area (Å²) in [5.74, 6) is 0.0646. The van der Waals surface area contributed by atoms with Crippen LogP contribution in [-0.4, -0.2) is 39.6 Å². The van der Waals surface area contributed by atoms with Gasteiger partial charge in [-0.25, -0.2) is 0 Å². The van der Waals surface area contributed by atoms with Crippen molar-refractivity contribution in [3.63, 3.8) is 0 Å². The highest BCUT2D eigenvalue weighted by Crippen LogP contribution is 2.23. The van der Waals surface area contributed by atoms with Gasteiger partial charge in [0, 0.05) is 24.8 Å². The summed E-state index contributed by atoms with van der Waals surface area (Å²) in [6, 6.07) is 2.38. The fraction of sp³-hybridized carbons (Fsp3) is 0.692. The second kappa shape index (κ2) is 6.00. The second-order valence-electron chi connectivity index (χ2n) is 5.04. The molecular formula is C13H22N4O. The van der Waals surface area contributed by atoms with Gasteiger partial charge in [0.1, 0.15) is 5.69 Å². The summed E-state index contributed by atoms with van der Waals surface area (Å²) in [7, 11) is 0. The van der Waals surface area contributed by atoms with E-state index in [1.54, 1.807) is 12.3 Å². The Labute approximate surface area is 108 Å². The van der Waals surface area contributed by atoms with Crippen LogP contribution in [0.2, 0.25) is 0 Å². The number of H-pyrrole nitrogens is 1. The third-order valence-corrected chi connectivity index (χ3v) is 3.64. The van der Waals surface area contributed by atoms with Gasteiger partial charge in [-0.2, -0.15) is 5.10 Å². The predicted molar refractivity (Wildman–Crippen MR) is 70.1 cm³/mol. The number of aromatic nitrogens is 2. The van der Waals surface area contributed by atoms with Gasteiger partial charge >= 0.3 is 0 Å². The zero-order valence-electron chi connectivity index (χ0n) is 10.9. The molecule has 1 aromatic rings. The Morgan fingerprint density at radius 3 is 2.78 bits per heavy atom. The number of nitrogens with two attached hydrogens (primary N) is 1. The van der Waals surface area contributed by atoms with Crippen LogP contribution in [0.3, 0.4) is 0 Å². The minimum atomic E-state index is 0.0646. The standard InChI is InChI=1S/C13H22N4O/c1-2-9-17(11-5-3-10(14)4-6-11)13(18)12-7-8-15-16-12/h7-8,10-11H,2-6,9,14H2,1H3,(H,15,16). The molecule has 0 aromatic carbocycles. The van der Waals surface area contributed by atoms with Gasteiger partial charge in [-0.15, -0.1) is 0 Å². The molecule has 0 bridgehead atoms. The average molecular weight is 250 g/mol. The first-order valence-corrected chi connectivity index (χ1v) is 6.78. The van der Waals surface area contributed by atoms with E-state index in [0.717, 1.165) is 38.6 Å². The van der Waals surface area contributed by atoms with Crippen molar-refractivity contribution in [2.75, 3.05) is 6.54 Å². The van der Waals surface area contributed by atoms with E-state index in [2.05, 4.69) is 17.1 Å². The van der Waals surface area contributed by atoms with Crippen LogP contribution in [0.4, 0.5) is 0 Å². The Morgan fingerprint density at radius 2 is 2.22 bits per heavy atom. The molecule has 0 spiro atoms. The fourth-order valence-corrected chi connectivity index (χ4v) is 2.63. The molecule has 5 heteroatoms. The van der Waals surface area contributed by atoms with Crippen LogP contribution < -0.4 is 5.73 Å². The van der Waals surface area contributed by atoms with Crippen molar-refractivity contribution in [1.29, 1.82) is 0 Å². The van der Waals surface area contributed by atoms with Gasteiger partial charge in [0.2, 0.25) is 0 Å². The van der Waals surface area contributed by atoms with Gasteiger partial charge in [0.15, 0.2) is 0 Å². The van der Waals surface area contributed by atoms with Gasteiger partial charge in [-0.3, -0.25) is 9.89 Å². The monoisotopic (exact) mass is 250 g/mol. The summed E-state index contributed by atoms with van der Waals surface area (Å²) >= 11 is 0. The van der Waals surface area contributed by atoms with Crippen molar-refractivity contribution in [2.45, 2.75) is 51.1 Å². The molecule has 1 aliphatic carbocycles. The van der Waals surface area contributed by atoms with E-state index in [0.29, 0.717) is 17.8 Å². The van der Waals surface area contributed by atoms with Crippen LogP contribution >= 0.6 is 0 Å². The normalized spacial score (nSPS) is 23.9. The van der Waals surface area contributed by atoms with Crippen molar-refractivity contribution >= 4 is 5.91 Å². The molecule has 100 valence electrons. The molecule has 1 saturated carbocycles. The maximum absolute atomic E-state index is 12.4. The van der Waals surface area contributed by atoms with E-state index in [-0.39, 0.29) is 5.91 Å². The Hall–Kier alpha value is -1.36. The van der Waals surface area contributed by atoms with Crippen molar-refractivity contribution < 1.29 is 4.79 Å². The average Bonchev–Trinajstić information content (AvgIpc) is 2.90. The van der Waals surface area contributed by atoms with Crippen LogP contribution in [-0.2, 0) is 0 Å². The zero-order chi connectivity index (χ0) is 13.0. The number of rotatable bonds is 4. The maximum Gasteiger partial charge on any atom is 0.272 e. The minimum absolute atomic E-state index is 0.0646. The second-order valence-corrected chi connectivity index (χ2v) is 5.04. The number of hydrogen-bond donors (Lipinski definition) is 2. The van der Waals surface area contributed by atoms with E-state index in [1.165, 1.54) is 0 Å². The van der Waals surface area contributed by atoms with Crippen molar-refractivity contribution in [3.8, 4) is 0 Å². The number of aromatic amines is 1. The third-order valence-electron chi connectivity index (χ3n) is 3.64. The van der Waals surface area contributed by atoms with Crippen molar-refractivity contribution in [2.24, 2.45) is 5.73 Å². The number of carbonyl (C=O) groups excluding carboxylic acids is 1. The highest BCUT2D eigenvalue weighted by molar-refractivity contribution is 5.92. The van der Waals surface area contributed by atoms with Crippen molar-refractivity contribution in [3.05, 3.63) is 18.0 Å². The molecule has 5 nitrogen and oxygen atoms in total. The van der Waals surface area contributed by atoms with E-state index in [1.807, 2.05) is 4.90 Å². The number of nitrogens with one attached hydrogen (secondary N) is 1. The summed E-state index contributed by atoms with van der Waals surface area (Å²) in [4.78, 5) is 14.4. The fourth-order valence-electron chi connectivity index (χ4n) is 2.63. The first-order chi connectivity index (χ1) is 8.72. The molecule has 1 heterocycles. The topological polar surface area (TPSA) is 75.0 Å². The van der Waals surface area contributed by atoms with E-state index in [9.17, 15) is 4.79 Å². The van der Waals surface area contributed by atoms with E-state index < -0.39 is 0 Å². The first kappa shape index (κ1) is 13.1. The Bertz CT molecular complexity index is 368. The van der Waals surface area contributed by atoms with Crippen LogP contribution in [0, 0.1) is 0 Å². The molecule has 0 radical (unpaired) electrons. The van der Waals surface area contributed by atoms with Crippen LogP contribution in [0.5, 0.6) is 0 Å². The van der Waals surface area contributed by atoms with Gasteiger partial charge < -0.3 is 10.6 Å². The number of nitrogens with zero attached hydrogens (tertiary/aromatic N) is 2. The molecule has 0 unspecified atom stereocenters. The minimum Gasteiger partial charge on any atom is -0.334 e. The van der Waals surface area contributed by atoms with Gasteiger partial charge in [-0.1, -0.05) is 6.92 Å². The lowest BCUT2D eigenvalue weighted by atomic mass is 9.90. The first-order valence-electron chi connectivity index (χ1n) is 6.78. The van der Waals surface area contributed by atoms with Gasteiger partial charge in [-0.05, 0) is 38.2 Å². The molecule has 1 fully saturated rings. The van der Waals surface area contributed by atoms with Crippen LogP contribution in [0.1, 0.15) is 49.5 Å². The summed E-state index contributed by atoms with van der Waals surface area (Å²) in [5, 5.41) is 6.61. The molecule has 1 aliphatic rings. The Morgan fingerprint density at radius 1 is 1.50 bits per heavy atom. The predicted octanol–water partition coefficient (Wildman–Crippen LogP) is 1.53. The molecule has 2 rings (SSSR count). The Kier molecular flexibility index (Phi) is 4.36. The van der Waals surface area contributed by atoms with E-state index in [4.69, 9.17) is 5.73 Å². The lowest BCUT2D eigenvalue weighted by molar-refractivity contribution is 0.0620. The molecule has 3 N–H and O–H groups in total. The number of hydrogen-bond acceptors (Lipinski definition) is 3. The zero-order valence-corrected chi connectivity index (χ0v) is 10.9. The maximum atomic E-state index is 12.4. The molecule has 0 saturated heterocycles. The quantitative estimate of drug-likeness (QED) is 0.851. The summed E-state index contributed by atoms with van der Waals surface area (Å²) in [5.41, 5.74) is 6.50. The number of amides is 1. The highest BCUT2D eigenvalue weighted by Gasteiger charge is 2.28. The molecule has 1 aromatic heterocycles. The smallest absolute Gasteiger partial charge is 0.272 e. The Balaban J connectivity index is 2.05. The lowest BCUT2D eigenvalue weighted by Crippen LogP contribution is -2.44. The van der Waals surface area contributed by atoms with Crippen LogP contribution in [0.15, 0.2) is 12.3 Å². The number of carbonyl (C=O) groups is 1. The molecular weight excluding hydrogens is 228 g/mol. The third kappa shape index (κ3) is 2.90. The summed E-state index contributed by atoms with van der Waals surface area (Å²) < 4.78 is 0. The molecule has 0 aliphatic heterocycles. The molecule has 18 heavy (non-hydrogen) atoms. The molecule has 1 amide bonds. The summed E-state index contributed by atoms with van der Waals surface area (Å²) in [6.07, 6.45) is 6.65. The largest absolute Gasteiger partial charge is 0.334 e. The van der Waals surface area contributed by atoms with Crippen molar-refractivity contribution in [1.82, 2.24) is 15.1 Å². The van der Waals surface area contributed by atoms with Crippen LogP contribution in [0.25, 0.3) is 0 Å². The SMILES string of the molecule is CCCN(C(=O)c1ccn[nH]1)C1CCC(N)CC1. The highest BCUT2D eigenvalue weighted by atomic mass is 16.2. The van der Waals surface area contributed by atoms with Gasteiger partial charge in [0.25, 0.3) is 5.91 Å². The van der Waals surface area contributed by atoms with E-state index >= 15 is 0 Å². The summed E-state index contributed by atoms with van der Waals surface area (Å²) in [6.45, 7) is 2.90. The molecule has 0 atom stereocenters. The lowest BCUT2D eigenvalue weighted by Gasteiger charge is -2.35. The van der Waals surface area contributed by atoms with Gasteiger partial charge in [0.05, 0.1) is 0 Å².